The molecule has 0 heterocycles. The standard InChI is InChI=1S/C22H35ClO4SSi/c1-21(2,3)29(6,7)27-16-22(4)13-12-20(17-8-10-19(23)11-9-17)18(14-22)15-26-28(5,24)25/h8-11H,12-16H2,1-7H3. The van der Waals surface area contributed by atoms with Crippen molar-refractivity contribution < 1.29 is 17.0 Å². The minimum Gasteiger partial charge on any atom is -0.416 e. The predicted molar refractivity (Wildman–Crippen MR) is 124 cm³/mol. The Morgan fingerprint density at radius 1 is 1.17 bits per heavy atom. The van der Waals surface area contributed by atoms with Crippen LogP contribution < -0.4 is 0 Å². The van der Waals surface area contributed by atoms with Gasteiger partial charge in [0.05, 0.1) is 12.9 Å². The number of allylic oxidation sites excluding steroid dienone is 1. The summed E-state index contributed by atoms with van der Waals surface area (Å²) in [5.74, 6) is 0. The lowest BCUT2D eigenvalue weighted by Gasteiger charge is -2.42. The van der Waals surface area contributed by atoms with Crippen LogP contribution >= 0.6 is 11.6 Å². The van der Waals surface area contributed by atoms with Crippen molar-refractivity contribution in [3.8, 4) is 0 Å². The molecule has 1 atom stereocenters. The molecule has 164 valence electrons. The molecule has 1 aromatic carbocycles. The summed E-state index contributed by atoms with van der Waals surface area (Å²) in [4.78, 5) is 0. The maximum atomic E-state index is 11.6. The van der Waals surface area contributed by atoms with Gasteiger partial charge >= 0.3 is 0 Å². The van der Waals surface area contributed by atoms with E-state index in [-0.39, 0.29) is 17.1 Å². The van der Waals surface area contributed by atoms with E-state index in [2.05, 4.69) is 40.8 Å². The van der Waals surface area contributed by atoms with Gasteiger partial charge in [0.15, 0.2) is 8.32 Å². The SMILES string of the molecule is CC1(CO[Si](C)(C)C(C)(C)C)CCC(c2ccc(Cl)cc2)=C(COS(C)(=O)=O)C1. The van der Waals surface area contributed by atoms with Gasteiger partial charge in [-0.1, -0.05) is 51.4 Å². The van der Waals surface area contributed by atoms with E-state index < -0.39 is 18.4 Å². The van der Waals surface area contributed by atoms with Crippen molar-refractivity contribution in [2.45, 2.75) is 65.1 Å². The molecule has 0 fully saturated rings. The highest BCUT2D eigenvalue weighted by Crippen LogP contribution is 2.45. The Hall–Kier alpha value is -0.663. The molecule has 0 radical (unpaired) electrons. The molecule has 1 aliphatic carbocycles. The highest BCUT2D eigenvalue weighted by molar-refractivity contribution is 7.86. The Morgan fingerprint density at radius 2 is 1.76 bits per heavy atom. The molecule has 0 saturated carbocycles. The molecule has 0 saturated heterocycles. The molecule has 2 rings (SSSR count). The normalized spacial score (nSPS) is 21.5. The van der Waals surface area contributed by atoms with Crippen molar-refractivity contribution >= 4 is 35.6 Å². The topological polar surface area (TPSA) is 52.6 Å². The molecule has 0 N–H and O–H groups in total. The number of halogens is 1. The second-order valence-electron chi connectivity index (χ2n) is 10.1. The van der Waals surface area contributed by atoms with E-state index in [4.69, 9.17) is 20.2 Å². The Kier molecular flexibility index (Phi) is 7.49. The lowest BCUT2D eigenvalue weighted by Crippen LogP contribution is -2.44. The van der Waals surface area contributed by atoms with Crippen LogP contribution in [-0.2, 0) is 18.7 Å². The molecule has 0 amide bonds. The quantitative estimate of drug-likeness (QED) is 0.356. The van der Waals surface area contributed by atoms with Crippen LogP contribution in [0.2, 0.25) is 23.2 Å². The largest absolute Gasteiger partial charge is 0.416 e. The summed E-state index contributed by atoms with van der Waals surface area (Å²) in [5, 5.41) is 0.844. The van der Waals surface area contributed by atoms with Gasteiger partial charge in [-0.25, -0.2) is 0 Å². The molecular weight excluding hydrogens is 424 g/mol. The van der Waals surface area contributed by atoms with Crippen LogP contribution in [0, 0.1) is 5.41 Å². The van der Waals surface area contributed by atoms with Crippen molar-refractivity contribution in [3.63, 3.8) is 0 Å². The van der Waals surface area contributed by atoms with E-state index in [0.29, 0.717) is 11.6 Å². The lowest BCUT2D eigenvalue weighted by atomic mass is 9.72. The van der Waals surface area contributed by atoms with Crippen molar-refractivity contribution in [3.05, 3.63) is 40.4 Å². The van der Waals surface area contributed by atoms with E-state index in [0.717, 1.165) is 42.2 Å². The third-order valence-corrected chi connectivity index (χ3v) is 11.5. The fourth-order valence-corrected chi connectivity index (χ4v) is 4.95. The Morgan fingerprint density at radius 3 is 2.28 bits per heavy atom. The Labute approximate surface area is 182 Å². The van der Waals surface area contributed by atoms with Gasteiger partial charge < -0.3 is 4.43 Å². The van der Waals surface area contributed by atoms with Gasteiger partial charge in [-0.2, -0.15) is 8.42 Å². The summed E-state index contributed by atoms with van der Waals surface area (Å²) >= 11 is 6.04. The molecular formula is C22H35ClO4SSi. The molecule has 1 unspecified atom stereocenters. The van der Waals surface area contributed by atoms with Crippen LogP contribution in [0.1, 0.15) is 52.5 Å². The minimum absolute atomic E-state index is 0.0400. The maximum Gasteiger partial charge on any atom is 0.264 e. The first-order valence-corrected chi connectivity index (χ1v) is 15.2. The fourth-order valence-electron chi connectivity index (χ4n) is 3.32. The molecule has 0 aliphatic heterocycles. The van der Waals surface area contributed by atoms with Gasteiger partial charge in [0.2, 0.25) is 0 Å². The average Bonchev–Trinajstić information content (AvgIpc) is 2.58. The second kappa shape index (κ2) is 8.83. The van der Waals surface area contributed by atoms with Crippen LogP contribution in [0.4, 0.5) is 0 Å². The minimum atomic E-state index is -3.51. The Balaban J connectivity index is 2.28. The zero-order valence-corrected chi connectivity index (χ0v) is 21.3. The van der Waals surface area contributed by atoms with Crippen LogP contribution in [0.5, 0.6) is 0 Å². The fraction of sp³-hybridized carbons (Fsp3) is 0.636. The lowest BCUT2D eigenvalue weighted by molar-refractivity contribution is 0.132. The molecule has 7 heteroatoms. The molecule has 1 aliphatic rings. The van der Waals surface area contributed by atoms with E-state index in [1.807, 2.05) is 24.3 Å². The van der Waals surface area contributed by atoms with Gasteiger partial charge in [-0.05, 0) is 71.7 Å². The van der Waals surface area contributed by atoms with Crippen LogP contribution in [-0.4, -0.2) is 36.2 Å². The van der Waals surface area contributed by atoms with Crippen molar-refractivity contribution in [1.82, 2.24) is 0 Å². The van der Waals surface area contributed by atoms with Crippen molar-refractivity contribution in [2.24, 2.45) is 5.41 Å². The van der Waals surface area contributed by atoms with E-state index >= 15 is 0 Å². The summed E-state index contributed by atoms with van der Waals surface area (Å²) in [6.45, 7) is 14.3. The maximum absolute atomic E-state index is 11.6. The monoisotopic (exact) mass is 458 g/mol. The number of hydrogen-bond donors (Lipinski definition) is 0. The number of benzene rings is 1. The van der Waals surface area contributed by atoms with Crippen molar-refractivity contribution in [1.29, 1.82) is 0 Å². The molecule has 0 spiro atoms. The summed E-state index contributed by atoms with van der Waals surface area (Å²) in [6, 6.07) is 7.72. The van der Waals surface area contributed by atoms with E-state index in [1.165, 1.54) is 0 Å². The summed E-state index contributed by atoms with van der Waals surface area (Å²) in [6.07, 6.45) is 3.70. The average molecular weight is 459 g/mol. The zero-order valence-electron chi connectivity index (χ0n) is 18.8. The van der Waals surface area contributed by atoms with Crippen LogP contribution in [0.15, 0.2) is 29.8 Å². The van der Waals surface area contributed by atoms with Gasteiger partial charge in [0.1, 0.15) is 0 Å². The summed E-state index contributed by atoms with van der Waals surface area (Å²) < 4.78 is 34.9. The van der Waals surface area contributed by atoms with Gasteiger partial charge in [-0.15, -0.1) is 0 Å². The van der Waals surface area contributed by atoms with Gasteiger partial charge in [0, 0.05) is 11.6 Å². The molecule has 29 heavy (non-hydrogen) atoms. The predicted octanol–water partition coefficient (Wildman–Crippen LogP) is 6.28. The molecule has 0 bridgehead atoms. The first-order valence-electron chi connectivity index (χ1n) is 10.1. The molecule has 1 aromatic rings. The van der Waals surface area contributed by atoms with Crippen LogP contribution in [0.3, 0.4) is 0 Å². The second-order valence-corrected chi connectivity index (χ2v) is 17.0. The van der Waals surface area contributed by atoms with Crippen molar-refractivity contribution in [2.75, 3.05) is 19.5 Å². The highest BCUT2D eigenvalue weighted by Gasteiger charge is 2.40. The van der Waals surface area contributed by atoms with E-state index in [9.17, 15) is 8.42 Å². The third-order valence-electron chi connectivity index (χ3n) is 6.27. The Bertz CT molecular complexity index is 854. The summed E-state index contributed by atoms with van der Waals surface area (Å²) in [5.41, 5.74) is 3.23. The van der Waals surface area contributed by atoms with E-state index in [1.54, 1.807) is 0 Å². The smallest absolute Gasteiger partial charge is 0.264 e. The summed E-state index contributed by atoms with van der Waals surface area (Å²) in [7, 11) is -5.36. The molecule has 0 aromatic heterocycles. The first kappa shape index (κ1) is 24.6. The molecule has 4 nitrogen and oxygen atoms in total. The number of rotatable bonds is 7. The van der Waals surface area contributed by atoms with Crippen LogP contribution in [0.25, 0.3) is 5.57 Å². The number of hydrogen-bond acceptors (Lipinski definition) is 4. The third kappa shape index (κ3) is 6.93. The highest BCUT2D eigenvalue weighted by atomic mass is 35.5. The van der Waals surface area contributed by atoms with Gasteiger partial charge in [-0.3, -0.25) is 4.18 Å². The zero-order chi connectivity index (χ0) is 22.1. The van der Waals surface area contributed by atoms with Gasteiger partial charge in [0.25, 0.3) is 10.1 Å². The first-order chi connectivity index (χ1) is 13.1.